The van der Waals surface area contributed by atoms with E-state index in [4.69, 9.17) is 0 Å². The number of amides is 1. The van der Waals surface area contributed by atoms with Crippen LogP contribution in [0.4, 0.5) is 10.2 Å². The van der Waals surface area contributed by atoms with Crippen LogP contribution in [0.25, 0.3) is 0 Å². The van der Waals surface area contributed by atoms with Gasteiger partial charge in [-0.2, -0.15) is 16.8 Å². The molecule has 1 saturated carbocycles. The van der Waals surface area contributed by atoms with Gasteiger partial charge in [0.25, 0.3) is 5.91 Å². The average Bonchev–Trinajstić information content (AvgIpc) is 3.64. The monoisotopic (exact) mass is 475 g/mol. The molecule has 2 heterocycles. The fourth-order valence-corrected chi connectivity index (χ4v) is 5.33. The van der Waals surface area contributed by atoms with Crippen LogP contribution in [0.15, 0.2) is 40.5 Å². The summed E-state index contributed by atoms with van der Waals surface area (Å²) in [5.74, 6) is -1.15. The van der Waals surface area contributed by atoms with Gasteiger partial charge < -0.3 is 28.7 Å². The molecule has 1 aliphatic heterocycles. The third-order valence-corrected chi connectivity index (χ3v) is 7.73. The maximum absolute atomic E-state index is 14.7. The Morgan fingerprint density at radius 3 is 2.79 bits per heavy atom. The number of fused-ring (bicyclic) bond motifs is 1. The topological polar surface area (TPSA) is 104 Å². The van der Waals surface area contributed by atoms with Crippen molar-refractivity contribution in [3.8, 4) is 0 Å². The van der Waals surface area contributed by atoms with Crippen LogP contribution in [0.3, 0.4) is 0 Å². The maximum Gasteiger partial charge on any atom is 1.00 e. The Kier molecular flexibility index (Phi) is 8.76. The van der Waals surface area contributed by atoms with Crippen LogP contribution in [0, 0.1) is 12.7 Å². The van der Waals surface area contributed by atoms with E-state index in [2.05, 4.69) is 39.9 Å². The van der Waals surface area contributed by atoms with E-state index >= 15 is 0 Å². The number of carbonyl (C=O) groups is 1. The number of benzene rings is 1. The van der Waals surface area contributed by atoms with E-state index in [1.807, 2.05) is 0 Å². The minimum atomic E-state index is -3.34. The molecular formula is C23H23FLiN5O3S-2. The molecule has 4 rings (SSSR count). The first-order chi connectivity index (χ1) is 15.9. The molecule has 1 aromatic heterocycles. The second kappa shape index (κ2) is 11.4. The van der Waals surface area contributed by atoms with Crippen molar-refractivity contribution in [2.24, 2.45) is 10.2 Å². The molecule has 0 unspecified atom stereocenters. The Bertz CT molecular complexity index is 1220. The molecule has 11 heteroatoms. The van der Waals surface area contributed by atoms with Crippen LogP contribution in [-0.4, -0.2) is 47.8 Å². The third kappa shape index (κ3) is 6.19. The summed E-state index contributed by atoms with van der Waals surface area (Å²) in [5.41, 5.74) is 1.51. The normalized spacial score (nSPS) is 16.4. The van der Waals surface area contributed by atoms with Gasteiger partial charge in [-0.15, -0.1) is 6.07 Å². The predicted molar refractivity (Wildman–Crippen MR) is 123 cm³/mol. The summed E-state index contributed by atoms with van der Waals surface area (Å²) in [6.07, 6.45) is 8.30. The molecule has 34 heavy (non-hydrogen) atoms. The molecule has 2 aromatic rings. The summed E-state index contributed by atoms with van der Waals surface area (Å²) in [5, 5.41) is 9.65. The van der Waals surface area contributed by atoms with E-state index in [0.29, 0.717) is 55.5 Å². The fourth-order valence-electron chi connectivity index (χ4n) is 3.51. The van der Waals surface area contributed by atoms with Crippen molar-refractivity contribution in [1.29, 1.82) is 0 Å². The quantitative estimate of drug-likeness (QED) is 0.253. The second-order valence-electron chi connectivity index (χ2n) is 7.86. The number of carbonyl (C=O) groups excluding carboxylic acids is 1. The number of hydrogen-bond acceptors (Lipinski definition) is 6. The molecule has 1 aliphatic carbocycles. The number of unbranched alkanes of at least 4 members (excludes halogenated alkanes) is 1. The minimum Gasteiger partial charge on any atom is -0.396 e. The molecule has 0 atom stereocenters. The van der Waals surface area contributed by atoms with Crippen LogP contribution in [0.1, 0.15) is 52.9 Å². The number of pyridine rings is 1. The summed E-state index contributed by atoms with van der Waals surface area (Å²) in [6, 6.07) is 7.58. The average molecular weight is 475 g/mol. The number of halogens is 1. The van der Waals surface area contributed by atoms with Crippen molar-refractivity contribution in [2.45, 2.75) is 43.9 Å². The number of rotatable bonds is 8. The van der Waals surface area contributed by atoms with Crippen LogP contribution < -0.4 is 24.2 Å². The van der Waals surface area contributed by atoms with Gasteiger partial charge >= 0.3 is 18.9 Å². The summed E-state index contributed by atoms with van der Waals surface area (Å²) in [6.45, 7) is 4.13. The largest absolute Gasteiger partial charge is 1.00 e. The van der Waals surface area contributed by atoms with Crippen molar-refractivity contribution in [1.82, 2.24) is 9.29 Å². The molecule has 0 bridgehead atoms. The van der Waals surface area contributed by atoms with Crippen LogP contribution in [0.5, 0.6) is 0 Å². The van der Waals surface area contributed by atoms with Gasteiger partial charge in [-0.1, -0.05) is 11.9 Å². The number of nitrogens with one attached hydrogen (secondary N) is 1. The Morgan fingerprint density at radius 1 is 1.26 bits per heavy atom. The molecule has 1 fully saturated rings. The molecule has 0 spiro atoms. The minimum absolute atomic E-state index is 0. The predicted octanol–water partition coefficient (Wildman–Crippen LogP) is 0.100. The Hall–Kier alpha value is -2.38. The van der Waals surface area contributed by atoms with Crippen LogP contribution >= 0.6 is 0 Å². The smallest absolute Gasteiger partial charge is 0.396 e. The van der Waals surface area contributed by atoms with Gasteiger partial charge in [0.15, 0.2) is 0 Å². The molecule has 8 nitrogen and oxygen atoms in total. The van der Waals surface area contributed by atoms with E-state index in [0.717, 1.165) is 0 Å². The molecule has 0 radical (unpaired) electrons. The summed E-state index contributed by atoms with van der Waals surface area (Å²) < 4.78 is 41.3. The number of aromatic nitrogens is 1. The second-order valence-corrected chi connectivity index (χ2v) is 10.1. The molecular weight excluding hydrogens is 452 g/mol. The Morgan fingerprint density at radius 2 is 2.06 bits per heavy atom. The van der Waals surface area contributed by atoms with E-state index in [1.54, 1.807) is 18.2 Å². The zero-order valence-corrected chi connectivity index (χ0v) is 19.7. The van der Waals surface area contributed by atoms with Crippen LogP contribution in [-0.2, 0) is 23.0 Å². The van der Waals surface area contributed by atoms with Crippen molar-refractivity contribution >= 4 is 34.2 Å². The first-order valence-electron chi connectivity index (χ1n) is 10.6. The van der Waals surface area contributed by atoms with Gasteiger partial charge in [-0.05, 0) is 48.6 Å². The molecule has 0 saturated heterocycles. The number of anilines is 1. The number of sulfonamides is 1. The molecule has 1 amide bonds. The summed E-state index contributed by atoms with van der Waals surface area (Å²) in [7, 11) is -3.34. The van der Waals surface area contributed by atoms with Gasteiger partial charge in [0.05, 0.1) is 10.8 Å². The zero-order chi connectivity index (χ0) is 23.4. The van der Waals surface area contributed by atoms with Crippen LogP contribution in [0.2, 0.25) is 0 Å². The third-order valence-electron chi connectivity index (χ3n) is 5.38. The van der Waals surface area contributed by atoms with E-state index in [-0.39, 0.29) is 42.0 Å². The van der Waals surface area contributed by atoms with Crippen molar-refractivity contribution in [3.05, 3.63) is 65.5 Å². The first kappa shape index (κ1) is 26.2. The molecule has 174 valence electrons. The zero-order valence-electron chi connectivity index (χ0n) is 18.9. The van der Waals surface area contributed by atoms with Crippen molar-refractivity contribution in [2.75, 3.05) is 11.9 Å². The SMILES string of the molecule is [CH2-]CC[C-]=NN=[C-]c1cccc(NC(=O)c2cc3c(cc2F)CCN(S(=O)(=O)C2CC2)C3)n1.[Li+]. The van der Waals surface area contributed by atoms with Gasteiger partial charge in [0, 0.05) is 13.1 Å². The molecule has 1 aromatic carbocycles. The Balaban J connectivity index is 0.00000324. The first-order valence-corrected chi connectivity index (χ1v) is 12.2. The molecule has 1 N–H and O–H groups in total. The van der Waals surface area contributed by atoms with Crippen molar-refractivity contribution in [3.63, 3.8) is 0 Å². The number of nitrogens with zero attached hydrogens (tertiary/aromatic N) is 4. The summed E-state index contributed by atoms with van der Waals surface area (Å²) >= 11 is 0. The van der Waals surface area contributed by atoms with E-state index < -0.39 is 21.7 Å². The molecule has 2 aliphatic rings. The van der Waals surface area contributed by atoms with Gasteiger partial charge in [0.1, 0.15) is 11.6 Å². The summed E-state index contributed by atoms with van der Waals surface area (Å²) in [4.78, 5) is 17.0. The standard InChI is InChI=1S/C23H23FN5O3S.Li/c1-2-3-10-25-26-14-18-5-4-6-22(27-18)28-23(30)20-12-17-15-29(33(31,32)19-7-8-19)11-9-16(17)13-21(20)24;/h4-6,12-13,19H,1-3,7-9,11,15H2,(H,27,28,30);/q-3;+1. The Labute approximate surface area is 211 Å². The van der Waals surface area contributed by atoms with E-state index in [9.17, 15) is 17.6 Å². The van der Waals surface area contributed by atoms with Crippen molar-refractivity contribution < 1.29 is 36.5 Å². The van der Waals surface area contributed by atoms with Gasteiger partial charge in [-0.25, -0.2) is 19.2 Å². The van der Waals surface area contributed by atoms with E-state index in [1.165, 1.54) is 16.4 Å². The maximum atomic E-state index is 14.7. The number of hydrogen-bond donors (Lipinski definition) is 1. The fraction of sp³-hybridized carbons (Fsp3) is 0.348. The van der Waals surface area contributed by atoms with Gasteiger partial charge in [-0.3, -0.25) is 9.78 Å². The van der Waals surface area contributed by atoms with Gasteiger partial charge in [0.2, 0.25) is 10.0 Å².